The molecular weight excluding hydrogens is 234 g/mol. The van der Waals surface area contributed by atoms with Crippen molar-refractivity contribution in [3.05, 3.63) is 0 Å². The highest BCUT2D eigenvalue weighted by Crippen LogP contribution is 2.10. The largest absolute Gasteiger partial charge is 0.342 e. The van der Waals surface area contributed by atoms with Crippen LogP contribution in [-0.2, 0) is 4.79 Å². The number of nitrogens with zero attached hydrogens (tertiary/aromatic N) is 2. The quantitative estimate of drug-likeness (QED) is 0.753. The lowest BCUT2D eigenvalue weighted by atomic mass is 10.2. The van der Waals surface area contributed by atoms with Crippen LogP contribution in [0.5, 0.6) is 0 Å². The molecule has 0 aromatic carbocycles. The van der Waals surface area contributed by atoms with Crippen molar-refractivity contribution in [2.24, 2.45) is 0 Å². The van der Waals surface area contributed by atoms with Crippen molar-refractivity contribution in [2.45, 2.75) is 19.4 Å². The van der Waals surface area contributed by atoms with Crippen LogP contribution in [0.3, 0.4) is 0 Å². The number of rotatable bonds is 6. The van der Waals surface area contributed by atoms with Crippen LogP contribution in [0.4, 0.5) is 0 Å². The molecule has 0 aromatic heterocycles. The molecule has 100 valence electrons. The van der Waals surface area contributed by atoms with E-state index in [1.54, 1.807) is 0 Å². The Morgan fingerprint density at radius 1 is 1.41 bits per heavy atom. The molecule has 1 fully saturated rings. The van der Waals surface area contributed by atoms with Crippen LogP contribution >= 0.6 is 11.8 Å². The van der Waals surface area contributed by atoms with Crippen molar-refractivity contribution in [3.8, 4) is 0 Å². The second-order valence-corrected chi connectivity index (χ2v) is 5.81. The number of thioether (sulfide) groups is 1. The third kappa shape index (κ3) is 5.27. The van der Waals surface area contributed by atoms with Gasteiger partial charge >= 0.3 is 0 Å². The van der Waals surface area contributed by atoms with Crippen LogP contribution in [0.25, 0.3) is 0 Å². The van der Waals surface area contributed by atoms with E-state index in [4.69, 9.17) is 0 Å². The normalized spacial score (nSPS) is 20.6. The topological polar surface area (TPSA) is 35.6 Å². The Kier molecular flexibility index (Phi) is 6.92. The zero-order chi connectivity index (χ0) is 12.7. The molecule has 1 amide bonds. The molecule has 0 aliphatic carbocycles. The zero-order valence-electron chi connectivity index (χ0n) is 11.2. The van der Waals surface area contributed by atoms with E-state index in [1.165, 1.54) is 0 Å². The maximum atomic E-state index is 12.2. The zero-order valence-corrected chi connectivity index (χ0v) is 12.1. The van der Waals surface area contributed by atoms with E-state index in [0.29, 0.717) is 0 Å². The minimum atomic E-state index is 0.0352. The molecule has 1 heterocycles. The Labute approximate surface area is 109 Å². The summed E-state index contributed by atoms with van der Waals surface area (Å²) < 4.78 is 0. The highest BCUT2D eigenvalue weighted by molar-refractivity contribution is 7.99. The SMILES string of the molecule is CCN(CCCN(C)C)C(=O)C1CSCCN1. The molecule has 0 saturated carbocycles. The van der Waals surface area contributed by atoms with Gasteiger partial charge in [0.25, 0.3) is 0 Å². The maximum absolute atomic E-state index is 12.2. The molecular formula is C12H25N3OS. The predicted molar refractivity (Wildman–Crippen MR) is 74.5 cm³/mol. The summed E-state index contributed by atoms with van der Waals surface area (Å²) in [6.07, 6.45) is 1.05. The fraction of sp³-hybridized carbons (Fsp3) is 0.917. The molecule has 1 N–H and O–H groups in total. The van der Waals surface area contributed by atoms with E-state index in [-0.39, 0.29) is 11.9 Å². The van der Waals surface area contributed by atoms with Gasteiger partial charge in [0.15, 0.2) is 0 Å². The summed E-state index contributed by atoms with van der Waals surface area (Å²) in [7, 11) is 4.13. The van der Waals surface area contributed by atoms with Gasteiger partial charge in [-0.05, 0) is 34.0 Å². The predicted octanol–water partition coefficient (Wildman–Crippen LogP) is 0.492. The van der Waals surface area contributed by atoms with Crippen molar-refractivity contribution in [3.63, 3.8) is 0 Å². The standard InChI is InChI=1S/C12H25N3OS/c1-4-15(8-5-7-14(2)3)12(16)11-10-17-9-6-13-11/h11,13H,4-10H2,1-3H3. The van der Waals surface area contributed by atoms with Crippen molar-refractivity contribution < 1.29 is 4.79 Å². The van der Waals surface area contributed by atoms with Gasteiger partial charge in [-0.1, -0.05) is 0 Å². The Balaban J connectivity index is 2.34. The summed E-state index contributed by atoms with van der Waals surface area (Å²) >= 11 is 1.87. The molecule has 1 aliphatic heterocycles. The molecule has 1 unspecified atom stereocenters. The first-order valence-electron chi connectivity index (χ1n) is 6.39. The van der Waals surface area contributed by atoms with E-state index in [2.05, 4.69) is 31.2 Å². The summed E-state index contributed by atoms with van der Waals surface area (Å²) in [5.74, 6) is 2.32. The monoisotopic (exact) mass is 259 g/mol. The van der Waals surface area contributed by atoms with Crippen LogP contribution < -0.4 is 5.32 Å². The van der Waals surface area contributed by atoms with Crippen molar-refractivity contribution in [2.75, 3.05) is 51.8 Å². The van der Waals surface area contributed by atoms with E-state index in [1.807, 2.05) is 16.7 Å². The van der Waals surface area contributed by atoms with Crippen LogP contribution in [0.2, 0.25) is 0 Å². The summed E-state index contributed by atoms with van der Waals surface area (Å²) in [5, 5.41) is 3.31. The first kappa shape index (κ1) is 14.8. The second kappa shape index (κ2) is 7.95. The van der Waals surface area contributed by atoms with Gasteiger partial charge < -0.3 is 15.1 Å². The molecule has 1 rings (SSSR count). The maximum Gasteiger partial charge on any atom is 0.240 e. The number of likely N-dealkylation sites (N-methyl/N-ethyl adjacent to an activating group) is 1. The molecule has 0 bridgehead atoms. The minimum absolute atomic E-state index is 0.0352. The average molecular weight is 259 g/mol. The number of nitrogens with one attached hydrogen (secondary N) is 1. The lowest BCUT2D eigenvalue weighted by molar-refractivity contribution is -0.132. The number of hydrogen-bond acceptors (Lipinski definition) is 4. The first-order chi connectivity index (χ1) is 8.15. The molecule has 1 aliphatic rings. The first-order valence-corrected chi connectivity index (χ1v) is 7.55. The van der Waals surface area contributed by atoms with Gasteiger partial charge in [0, 0.05) is 31.1 Å². The van der Waals surface area contributed by atoms with Gasteiger partial charge in [-0.3, -0.25) is 4.79 Å². The van der Waals surface area contributed by atoms with Gasteiger partial charge in [-0.15, -0.1) is 0 Å². The molecule has 5 heteroatoms. The minimum Gasteiger partial charge on any atom is -0.342 e. The highest BCUT2D eigenvalue weighted by atomic mass is 32.2. The fourth-order valence-electron chi connectivity index (χ4n) is 1.95. The third-order valence-electron chi connectivity index (χ3n) is 2.95. The Hall–Kier alpha value is -0.260. The summed E-state index contributed by atoms with van der Waals surface area (Å²) in [6, 6.07) is 0.0352. The number of carbonyl (C=O) groups excluding carboxylic acids is 1. The van der Waals surface area contributed by atoms with Gasteiger partial charge in [0.1, 0.15) is 0 Å². The summed E-state index contributed by atoms with van der Waals surface area (Å²) in [4.78, 5) is 16.4. The van der Waals surface area contributed by atoms with Gasteiger partial charge in [-0.2, -0.15) is 11.8 Å². The fourth-order valence-corrected chi connectivity index (χ4v) is 2.87. The summed E-state index contributed by atoms with van der Waals surface area (Å²) in [6.45, 7) is 5.74. The van der Waals surface area contributed by atoms with Crippen LogP contribution in [0.15, 0.2) is 0 Å². The van der Waals surface area contributed by atoms with Gasteiger partial charge in [0.2, 0.25) is 5.91 Å². The molecule has 0 radical (unpaired) electrons. The number of hydrogen-bond donors (Lipinski definition) is 1. The molecule has 0 aromatic rings. The van der Waals surface area contributed by atoms with Crippen molar-refractivity contribution in [1.29, 1.82) is 0 Å². The van der Waals surface area contributed by atoms with E-state index >= 15 is 0 Å². The lowest BCUT2D eigenvalue weighted by Crippen LogP contribution is -2.50. The van der Waals surface area contributed by atoms with Gasteiger partial charge in [-0.25, -0.2) is 0 Å². The second-order valence-electron chi connectivity index (χ2n) is 4.66. The van der Waals surface area contributed by atoms with E-state index in [0.717, 1.165) is 44.1 Å². The van der Waals surface area contributed by atoms with Crippen molar-refractivity contribution in [1.82, 2.24) is 15.1 Å². The Morgan fingerprint density at radius 3 is 2.71 bits per heavy atom. The molecule has 1 saturated heterocycles. The lowest BCUT2D eigenvalue weighted by Gasteiger charge is -2.29. The van der Waals surface area contributed by atoms with Gasteiger partial charge in [0.05, 0.1) is 6.04 Å². The number of carbonyl (C=O) groups is 1. The molecule has 4 nitrogen and oxygen atoms in total. The van der Waals surface area contributed by atoms with Crippen LogP contribution in [0, 0.1) is 0 Å². The van der Waals surface area contributed by atoms with E-state index < -0.39 is 0 Å². The third-order valence-corrected chi connectivity index (χ3v) is 4.01. The smallest absolute Gasteiger partial charge is 0.240 e. The van der Waals surface area contributed by atoms with E-state index in [9.17, 15) is 4.79 Å². The highest BCUT2D eigenvalue weighted by Gasteiger charge is 2.24. The Bertz CT molecular complexity index is 230. The molecule has 1 atom stereocenters. The van der Waals surface area contributed by atoms with Crippen LogP contribution in [0.1, 0.15) is 13.3 Å². The average Bonchev–Trinajstić information content (AvgIpc) is 2.34. The number of amides is 1. The molecule has 0 spiro atoms. The Morgan fingerprint density at radius 2 is 2.18 bits per heavy atom. The summed E-state index contributed by atoms with van der Waals surface area (Å²) in [5.41, 5.74) is 0. The van der Waals surface area contributed by atoms with Crippen LogP contribution in [-0.4, -0.2) is 73.5 Å². The van der Waals surface area contributed by atoms with Crippen molar-refractivity contribution >= 4 is 17.7 Å². The molecule has 17 heavy (non-hydrogen) atoms.